The summed E-state index contributed by atoms with van der Waals surface area (Å²) in [5.41, 5.74) is 5.74. The van der Waals surface area contributed by atoms with Crippen molar-refractivity contribution >= 4 is 23.4 Å². The summed E-state index contributed by atoms with van der Waals surface area (Å²) in [4.78, 5) is 12.0. The van der Waals surface area contributed by atoms with Crippen LogP contribution >= 0.6 is 11.8 Å². The van der Waals surface area contributed by atoms with E-state index in [9.17, 15) is 4.79 Å². The van der Waals surface area contributed by atoms with Crippen molar-refractivity contribution in [3.63, 3.8) is 0 Å². The number of thioether (sulfide) groups is 1. The number of nitrogens with one attached hydrogen (secondary N) is 1. The van der Waals surface area contributed by atoms with Gasteiger partial charge in [0.15, 0.2) is 0 Å². The minimum Gasteiger partial charge on any atom is -0.325 e. The molecule has 0 saturated carbocycles. The number of anilines is 1. The summed E-state index contributed by atoms with van der Waals surface area (Å²) in [6, 6.07) is 14.4. The van der Waals surface area contributed by atoms with Crippen molar-refractivity contribution in [1.82, 2.24) is 0 Å². The second-order valence-electron chi connectivity index (χ2n) is 5.29. The first-order valence-corrected chi connectivity index (χ1v) is 8.21. The van der Waals surface area contributed by atoms with Crippen LogP contribution in [0.15, 0.2) is 42.5 Å². The predicted octanol–water partition coefficient (Wildman–Crippen LogP) is 4.48. The summed E-state index contributed by atoms with van der Waals surface area (Å²) in [6.45, 7) is 6.14. The van der Waals surface area contributed by atoms with Crippen molar-refractivity contribution in [2.45, 2.75) is 26.5 Å². The van der Waals surface area contributed by atoms with Crippen LogP contribution in [-0.2, 0) is 10.5 Å². The molecule has 2 nitrogen and oxygen atoms in total. The molecule has 3 heteroatoms. The fourth-order valence-corrected chi connectivity index (χ4v) is 2.99. The van der Waals surface area contributed by atoms with Gasteiger partial charge in [0, 0.05) is 11.4 Å². The minimum atomic E-state index is 0.0577. The Labute approximate surface area is 131 Å². The molecule has 2 rings (SSSR count). The van der Waals surface area contributed by atoms with Crippen LogP contribution in [0.1, 0.15) is 22.3 Å². The van der Waals surface area contributed by atoms with Crippen molar-refractivity contribution in [2.24, 2.45) is 0 Å². The van der Waals surface area contributed by atoms with Crippen molar-refractivity contribution in [3.8, 4) is 0 Å². The maximum absolute atomic E-state index is 12.0. The number of carbonyl (C=O) groups is 1. The molecule has 0 spiro atoms. The van der Waals surface area contributed by atoms with Gasteiger partial charge in [0.2, 0.25) is 5.91 Å². The van der Waals surface area contributed by atoms with E-state index >= 15 is 0 Å². The van der Waals surface area contributed by atoms with Gasteiger partial charge >= 0.3 is 0 Å². The third kappa shape index (κ3) is 4.64. The number of rotatable bonds is 5. The zero-order chi connectivity index (χ0) is 15.2. The molecule has 0 atom stereocenters. The van der Waals surface area contributed by atoms with Crippen molar-refractivity contribution < 1.29 is 4.79 Å². The molecule has 1 N–H and O–H groups in total. The second-order valence-corrected chi connectivity index (χ2v) is 6.27. The lowest BCUT2D eigenvalue weighted by Gasteiger charge is -2.09. The Morgan fingerprint density at radius 2 is 1.81 bits per heavy atom. The highest BCUT2D eigenvalue weighted by Gasteiger charge is 2.06. The quantitative estimate of drug-likeness (QED) is 0.881. The Bertz CT molecular complexity index is 637. The molecular weight excluding hydrogens is 278 g/mol. The molecular formula is C18H21NOS. The topological polar surface area (TPSA) is 29.1 Å². The van der Waals surface area contributed by atoms with Crippen LogP contribution in [0.3, 0.4) is 0 Å². The molecule has 0 aromatic heterocycles. The van der Waals surface area contributed by atoms with E-state index in [1.54, 1.807) is 11.8 Å². The lowest BCUT2D eigenvalue weighted by Crippen LogP contribution is -2.15. The summed E-state index contributed by atoms with van der Waals surface area (Å²) in [5, 5.41) is 2.99. The fraction of sp³-hybridized carbons (Fsp3) is 0.278. The monoisotopic (exact) mass is 299 g/mol. The Balaban J connectivity index is 1.85. The van der Waals surface area contributed by atoms with Crippen LogP contribution in [0.25, 0.3) is 0 Å². The van der Waals surface area contributed by atoms with Gasteiger partial charge in [-0.3, -0.25) is 4.79 Å². The summed E-state index contributed by atoms with van der Waals surface area (Å²) in [5.74, 6) is 1.40. The summed E-state index contributed by atoms with van der Waals surface area (Å²) < 4.78 is 0. The number of aryl methyl sites for hydroxylation is 3. The van der Waals surface area contributed by atoms with Crippen LogP contribution in [0.4, 0.5) is 5.69 Å². The van der Waals surface area contributed by atoms with E-state index in [1.807, 2.05) is 38.1 Å². The standard InChI is InChI=1S/C18H21NOS/c1-13-8-9-15(3)17(10-13)19-18(20)12-21-11-16-7-5-4-6-14(16)2/h4-10H,11-12H2,1-3H3,(H,19,20). The maximum Gasteiger partial charge on any atom is 0.234 e. The van der Waals surface area contributed by atoms with Gasteiger partial charge in [-0.15, -0.1) is 11.8 Å². The Kier molecular flexibility index (Phi) is 5.45. The Morgan fingerprint density at radius 3 is 2.57 bits per heavy atom. The zero-order valence-electron chi connectivity index (χ0n) is 12.8. The minimum absolute atomic E-state index is 0.0577. The van der Waals surface area contributed by atoms with Crippen molar-refractivity contribution in [2.75, 3.05) is 11.1 Å². The Morgan fingerprint density at radius 1 is 1.05 bits per heavy atom. The molecule has 110 valence electrons. The highest BCUT2D eigenvalue weighted by molar-refractivity contribution is 7.99. The summed E-state index contributed by atoms with van der Waals surface area (Å²) >= 11 is 1.65. The first kappa shape index (κ1) is 15.6. The molecule has 0 radical (unpaired) electrons. The van der Waals surface area contributed by atoms with E-state index in [4.69, 9.17) is 0 Å². The lowest BCUT2D eigenvalue weighted by atomic mass is 10.1. The molecule has 2 aromatic rings. The number of benzene rings is 2. The van der Waals surface area contributed by atoms with Gasteiger partial charge in [-0.05, 0) is 49.1 Å². The highest BCUT2D eigenvalue weighted by Crippen LogP contribution is 2.18. The molecule has 0 aliphatic heterocycles. The van der Waals surface area contributed by atoms with Crippen LogP contribution in [0.2, 0.25) is 0 Å². The van der Waals surface area contributed by atoms with Crippen LogP contribution < -0.4 is 5.32 Å². The van der Waals surface area contributed by atoms with Gasteiger partial charge < -0.3 is 5.32 Å². The largest absolute Gasteiger partial charge is 0.325 e. The molecule has 0 saturated heterocycles. The van der Waals surface area contributed by atoms with Gasteiger partial charge in [0.25, 0.3) is 0 Å². The van der Waals surface area contributed by atoms with E-state index in [1.165, 1.54) is 11.1 Å². The van der Waals surface area contributed by atoms with E-state index in [0.717, 1.165) is 22.6 Å². The number of hydrogen-bond acceptors (Lipinski definition) is 2. The lowest BCUT2D eigenvalue weighted by molar-refractivity contribution is -0.113. The zero-order valence-corrected chi connectivity index (χ0v) is 13.6. The number of carbonyl (C=O) groups excluding carboxylic acids is 1. The molecule has 0 fully saturated rings. The molecule has 2 aromatic carbocycles. The second kappa shape index (κ2) is 7.32. The summed E-state index contributed by atoms with van der Waals surface area (Å²) in [6.07, 6.45) is 0. The normalized spacial score (nSPS) is 10.4. The molecule has 0 aliphatic rings. The van der Waals surface area contributed by atoms with Crippen molar-refractivity contribution in [1.29, 1.82) is 0 Å². The van der Waals surface area contributed by atoms with Gasteiger partial charge in [-0.25, -0.2) is 0 Å². The molecule has 0 aliphatic carbocycles. The van der Waals surface area contributed by atoms with Gasteiger partial charge in [0.1, 0.15) is 0 Å². The third-order valence-corrected chi connectivity index (χ3v) is 4.40. The summed E-state index contributed by atoms with van der Waals surface area (Å²) in [7, 11) is 0. The van der Waals surface area contributed by atoms with E-state index in [0.29, 0.717) is 5.75 Å². The van der Waals surface area contributed by atoms with Gasteiger partial charge in [-0.2, -0.15) is 0 Å². The predicted molar refractivity (Wildman–Crippen MR) is 91.9 cm³/mol. The van der Waals surface area contributed by atoms with E-state index in [2.05, 4.69) is 30.4 Å². The average Bonchev–Trinajstić information content (AvgIpc) is 2.45. The van der Waals surface area contributed by atoms with Crippen LogP contribution in [0.5, 0.6) is 0 Å². The molecule has 0 unspecified atom stereocenters. The van der Waals surface area contributed by atoms with E-state index < -0.39 is 0 Å². The number of amides is 1. The van der Waals surface area contributed by atoms with Gasteiger partial charge in [-0.1, -0.05) is 36.4 Å². The number of hydrogen-bond donors (Lipinski definition) is 1. The van der Waals surface area contributed by atoms with Crippen molar-refractivity contribution in [3.05, 3.63) is 64.7 Å². The molecule has 0 heterocycles. The molecule has 1 amide bonds. The fourth-order valence-electron chi connectivity index (χ4n) is 2.08. The molecule has 0 bridgehead atoms. The first-order valence-electron chi connectivity index (χ1n) is 7.05. The van der Waals surface area contributed by atoms with Gasteiger partial charge in [0.05, 0.1) is 5.75 Å². The highest BCUT2D eigenvalue weighted by atomic mass is 32.2. The SMILES string of the molecule is Cc1ccc(C)c(NC(=O)CSCc2ccccc2C)c1. The first-order chi connectivity index (χ1) is 10.1. The molecule has 21 heavy (non-hydrogen) atoms. The smallest absolute Gasteiger partial charge is 0.234 e. The average molecular weight is 299 g/mol. The Hall–Kier alpha value is -1.74. The van der Waals surface area contributed by atoms with E-state index in [-0.39, 0.29) is 5.91 Å². The van der Waals surface area contributed by atoms with Crippen LogP contribution in [0, 0.1) is 20.8 Å². The maximum atomic E-state index is 12.0. The third-order valence-electron chi connectivity index (χ3n) is 3.42. The van der Waals surface area contributed by atoms with Crippen LogP contribution in [-0.4, -0.2) is 11.7 Å².